The van der Waals surface area contributed by atoms with Crippen molar-refractivity contribution in [3.05, 3.63) is 0 Å². The first kappa shape index (κ1) is 12.0. The van der Waals surface area contributed by atoms with Gasteiger partial charge in [-0.1, -0.05) is 19.8 Å². The van der Waals surface area contributed by atoms with Gasteiger partial charge in [-0.3, -0.25) is 4.52 Å². The highest BCUT2D eigenvalue weighted by atomic mass is 31.2. The molecule has 4 N–H and O–H groups in total. The van der Waals surface area contributed by atoms with E-state index in [0.29, 0.717) is 0 Å². The molecule has 0 saturated heterocycles. The van der Waals surface area contributed by atoms with Crippen molar-refractivity contribution in [2.45, 2.75) is 26.2 Å². The summed E-state index contributed by atoms with van der Waals surface area (Å²) in [6.07, 6.45) is 2.79. The Morgan fingerprint density at radius 1 is 1.25 bits per heavy atom. The molecule has 0 fully saturated rings. The van der Waals surface area contributed by atoms with E-state index in [4.69, 9.17) is 4.52 Å². The van der Waals surface area contributed by atoms with Crippen LogP contribution in [0.3, 0.4) is 0 Å². The zero-order chi connectivity index (χ0) is 9.45. The molecule has 0 aliphatic rings. The summed E-state index contributed by atoms with van der Waals surface area (Å²) in [4.78, 5) is 0. The number of phosphoric acid groups is 1. The number of hydrogen-bond donors (Lipinski definition) is 2. The van der Waals surface area contributed by atoms with Crippen LogP contribution in [0.5, 0.6) is 0 Å². The van der Waals surface area contributed by atoms with Gasteiger partial charge in [-0.25, -0.2) is 16.4 Å². The van der Waals surface area contributed by atoms with Gasteiger partial charge in [-0.05, 0) is 6.42 Å². The van der Waals surface area contributed by atoms with Gasteiger partial charge in [0, 0.05) is 0 Å². The molecule has 0 unspecified atom stereocenters. The molecule has 0 aliphatic heterocycles. The van der Waals surface area contributed by atoms with Crippen LogP contribution in [0.15, 0.2) is 0 Å². The summed E-state index contributed by atoms with van der Waals surface area (Å²) in [6.45, 7) is 2.30. The van der Waals surface area contributed by atoms with Crippen molar-refractivity contribution >= 4 is 7.82 Å². The van der Waals surface area contributed by atoms with Crippen LogP contribution < -0.4 is 11.8 Å². The van der Waals surface area contributed by atoms with E-state index in [2.05, 4.69) is 21.0 Å². The van der Waals surface area contributed by atoms with Crippen LogP contribution in [0.25, 0.3) is 0 Å². The molecule has 0 amide bonds. The molecule has 0 radical (unpaired) electrons. The highest BCUT2D eigenvalue weighted by molar-refractivity contribution is 7.48. The molecule has 0 saturated carbocycles. The molecule has 12 heavy (non-hydrogen) atoms. The van der Waals surface area contributed by atoms with Gasteiger partial charge >= 0.3 is 7.82 Å². The van der Waals surface area contributed by atoms with Gasteiger partial charge in [0.15, 0.2) is 0 Å². The molecular weight excluding hydrogens is 183 g/mol. The standard InChI is InChI=1S/C5H15N2O4P/c1-2-3-4-5-9-12(8,10-6)11-7/h2-7H2,1H3. The average molecular weight is 198 g/mol. The van der Waals surface area contributed by atoms with Gasteiger partial charge in [-0.2, -0.15) is 9.25 Å². The van der Waals surface area contributed by atoms with Gasteiger partial charge in [0.05, 0.1) is 6.61 Å². The van der Waals surface area contributed by atoms with Crippen LogP contribution >= 0.6 is 7.82 Å². The summed E-state index contributed by atoms with van der Waals surface area (Å²) in [5, 5.41) is 0. The van der Waals surface area contributed by atoms with Crippen molar-refractivity contribution in [1.29, 1.82) is 0 Å². The molecule has 0 aromatic heterocycles. The highest BCUT2D eigenvalue weighted by Crippen LogP contribution is 2.45. The fourth-order valence-electron chi connectivity index (χ4n) is 0.614. The minimum atomic E-state index is -3.67. The molecule has 0 atom stereocenters. The normalized spacial score (nSPS) is 11.9. The first-order valence-corrected chi connectivity index (χ1v) is 5.16. The summed E-state index contributed by atoms with van der Waals surface area (Å²) in [5.74, 6) is 9.28. The third-order valence-electron chi connectivity index (χ3n) is 1.26. The van der Waals surface area contributed by atoms with Crippen molar-refractivity contribution in [1.82, 2.24) is 0 Å². The summed E-state index contributed by atoms with van der Waals surface area (Å²) in [6, 6.07) is 0. The molecular formula is C5H15N2O4P. The zero-order valence-electron chi connectivity index (χ0n) is 7.06. The van der Waals surface area contributed by atoms with E-state index in [1.165, 1.54) is 0 Å². The largest absolute Gasteiger partial charge is 0.507 e. The first-order chi connectivity index (χ1) is 5.68. The van der Waals surface area contributed by atoms with Gasteiger partial charge in [-0.15, -0.1) is 0 Å². The topological polar surface area (TPSA) is 96.8 Å². The maximum atomic E-state index is 11.0. The summed E-state index contributed by atoms with van der Waals surface area (Å²) in [5.41, 5.74) is 0. The second kappa shape index (κ2) is 6.54. The van der Waals surface area contributed by atoms with Gasteiger partial charge in [0.1, 0.15) is 0 Å². The smallest absolute Gasteiger partial charge is 0.285 e. The van der Waals surface area contributed by atoms with Gasteiger partial charge in [0.2, 0.25) is 0 Å². The van der Waals surface area contributed by atoms with E-state index in [1.807, 2.05) is 6.92 Å². The number of rotatable bonds is 7. The van der Waals surface area contributed by atoms with Crippen LogP contribution in [-0.4, -0.2) is 6.61 Å². The molecule has 0 aromatic rings. The second-order valence-corrected chi connectivity index (χ2v) is 3.77. The monoisotopic (exact) mass is 198 g/mol. The Kier molecular flexibility index (Phi) is 6.55. The lowest BCUT2D eigenvalue weighted by Gasteiger charge is -2.10. The Bertz CT molecular complexity index is 146. The molecule has 0 spiro atoms. The van der Waals surface area contributed by atoms with Crippen LogP contribution in [0.1, 0.15) is 26.2 Å². The second-order valence-electron chi connectivity index (χ2n) is 2.20. The maximum absolute atomic E-state index is 11.0. The molecule has 0 aliphatic carbocycles. The number of unbranched alkanes of at least 4 members (excludes halogenated alkanes) is 2. The summed E-state index contributed by atoms with van der Waals surface area (Å²) >= 11 is 0. The number of nitrogens with two attached hydrogens (primary N) is 2. The summed E-state index contributed by atoms with van der Waals surface area (Å²) in [7, 11) is -3.67. The van der Waals surface area contributed by atoms with Crippen molar-refractivity contribution in [2.24, 2.45) is 11.8 Å². The number of hydrogen-bond acceptors (Lipinski definition) is 6. The lowest BCUT2D eigenvalue weighted by molar-refractivity contribution is 0.113. The van der Waals surface area contributed by atoms with Crippen LogP contribution in [0.2, 0.25) is 0 Å². The zero-order valence-corrected chi connectivity index (χ0v) is 7.96. The molecule has 0 aromatic carbocycles. The quantitative estimate of drug-likeness (QED) is 0.361. The van der Waals surface area contributed by atoms with Crippen molar-refractivity contribution < 1.29 is 18.3 Å². The molecule has 0 bridgehead atoms. The molecule has 0 rings (SSSR count). The van der Waals surface area contributed by atoms with Gasteiger partial charge in [0.25, 0.3) is 0 Å². The predicted molar refractivity (Wildman–Crippen MR) is 43.6 cm³/mol. The third-order valence-corrected chi connectivity index (χ3v) is 2.27. The molecule has 6 nitrogen and oxygen atoms in total. The van der Waals surface area contributed by atoms with E-state index in [-0.39, 0.29) is 6.61 Å². The van der Waals surface area contributed by atoms with E-state index < -0.39 is 7.82 Å². The molecule has 7 heteroatoms. The van der Waals surface area contributed by atoms with Crippen LogP contribution in [0, 0.1) is 0 Å². The highest BCUT2D eigenvalue weighted by Gasteiger charge is 2.24. The predicted octanol–water partition coefficient (Wildman–Crippen LogP) is 1.08. The van der Waals surface area contributed by atoms with E-state index in [0.717, 1.165) is 19.3 Å². The maximum Gasteiger partial charge on any atom is 0.507 e. The van der Waals surface area contributed by atoms with Crippen LogP contribution in [0.4, 0.5) is 0 Å². The lowest BCUT2D eigenvalue weighted by Crippen LogP contribution is -2.08. The van der Waals surface area contributed by atoms with E-state index >= 15 is 0 Å². The van der Waals surface area contributed by atoms with Gasteiger partial charge < -0.3 is 0 Å². The summed E-state index contributed by atoms with van der Waals surface area (Å²) < 4.78 is 23.6. The van der Waals surface area contributed by atoms with Crippen LogP contribution in [-0.2, 0) is 18.3 Å². The minimum Gasteiger partial charge on any atom is -0.285 e. The SMILES string of the molecule is CCCCCOP(=O)(ON)ON. The Labute approximate surface area is 71.7 Å². The van der Waals surface area contributed by atoms with Crippen molar-refractivity contribution in [2.75, 3.05) is 6.61 Å². The third kappa shape index (κ3) is 4.82. The Hall–Kier alpha value is 0.0300. The lowest BCUT2D eigenvalue weighted by atomic mass is 10.3. The average Bonchev–Trinajstić information content (AvgIpc) is 2.12. The molecule has 74 valence electrons. The van der Waals surface area contributed by atoms with Crippen molar-refractivity contribution in [3.8, 4) is 0 Å². The fourth-order valence-corrected chi connectivity index (χ4v) is 1.14. The molecule has 0 heterocycles. The Morgan fingerprint density at radius 2 is 1.83 bits per heavy atom. The first-order valence-electron chi connectivity index (χ1n) is 3.70. The minimum absolute atomic E-state index is 0.263. The van der Waals surface area contributed by atoms with E-state index in [9.17, 15) is 4.57 Å². The van der Waals surface area contributed by atoms with E-state index in [1.54, 1.807) is 0 Å². The van der Waals surface area contributed by atoms with Crippen molar-refractivity contribution in [3.63, 3.8) is 0 Å². The Balaban J connectivity index is 3.52. The Morgan fingerprint density at radius 3 is 2.25 bits per heavy atom. The fraction of sp³-hybridized carbons (Fsp3) is 1.00.